The quantitative estimate of drug-likeness (QED) is 0.587. The van der Waals surface area contributed by atoms with Crippen LogP contribution in [0, 0.1) is 18.8 Å². The molecule has 2 saturated heterocycles. The van der Waals surface area contributed by atoms with E-state index in [9.17, 15) is 9.59 Å². The van der Waals surface area contributed by atoms with Crippen LogP contribution in [-0.4, -0.2) is 25.2 Å². The molecule has 4 heteroatoms. The third kappa shape index (κ3) is 2.01. The van der Waals surface area contributed by atoms with Crippen LogP contribution in [0.4, 0.5) is 0 Å². The molecule has 2 heterocycles. The topological polar surface area (TPSA) is 52.6 Å². The summed E-state index contributed by atoms with van der Waals surface area (Å²) in [7, 11) is 0. The number of fused-ring (bicyclic) bond motifs is 3. The van der Waals surface area contributed by atoms with Gasteiger partial charge in [-0.1, -0.05) is 23.8 Å². The fraction of sp³-hybridized carbons (Fsp3) is 0.529. The van der Waals surface area contributed by atoms with Gasteiger partial charge in [-0.25, -0.2) is 0 Å². The second-order valence-electron chi connectivity index (χ2n) is 6.48. The van der Waals surface area contributed by atoms with Crippen LogP contribution in [-0.2, 0) is 19.1 Å². The first-order chi connectivity index (χ1) is 10.1. The summed E-state index contributed by atoms with van der Waals surface area (Å²) in [6, 6.07) is 6.43. The molecule has 4 atom stereocenters. The van der Waals surface area contributed by atoms with Crippen LogP contribution in [0.25, 0.3) is 0 Å². The lowest BCUT2D eigenvalue weighted by Crippen LogP contribution is -2.29. The normalized spacial score (nSPS) is 34.5. The van der Waals surface area contributed by atoms with E-state index in [4.69, 9.17) is 9.47 Å². The number of cyclic esters (lactones) is 2. The van der Waals surface area contributed by atoms with E-state index in [0.29, 0.717) is 11.8 Å². The average molecular weight is 286 g/mol. The van der Waals surface area contributed by atoms with E-state index in [1.54, 1.807) is 0 Å². The second kappa shape index (κ2) is 4.67. The molecule has 2 aliphatic heterocycles. The summed E-state index contributed by atoms with van der Waals surface area (Å²) in [6.45, 7) is 3.61. The molecule has 4 unspecified atom stereocenters. The molecule has 0 saturated carbocycles. The Morgan fingerprint density at radius 1 is 1.05 bits per heavy atom. The molecule has 0 aromatic heterocycles. The third-order valence-corrected chi connectivity index (χ3v) is 5.19. The minimum Gasteiger partial charge on any atom is -0.393 e. The molecule has 1 aliphatic carbocycles. The highest BCUT2D eigenvalue weighted by atomic mass is 16.6. The molecule has 0 bridgehead atoms. The van der Waals surface area contributed by atoms with Gasteiger partial charge in [-0.15, -0.1) is 0 Å². The average Bonchev–Trinajstić information content (AvgIpc) is 3.04. The Balaban J connectivity index is 1.77. The standard InChI is InChI=1S/C17H18O4/c1-9-2-3-11-12(4-9)15-8-20-7-10(15)5-13(11)14-6-16(18)21-17(14)19/h2-4,10,13-15H,5-8H2,1H3. The number of hydrogen-bond donors (Lipinski definition) is 0. The molecule has 2 fully saturated rings. The van der Waals surface area contributed by atoms with E-state index in [1.165, 1.54) is 16.7 Å². The van der Waals surface area contributed by atoms with Crippen LogP contribution in [0.15, 0.2) is 18.2 Å². The van der Waals surface area contributed by atoms with E-state index in [-0.39, 0.29) is 30.2 Å². The molecular formula is C17H18O4. The van der Waals surface area contributed by atoms with Crippen molar-refractivity contribution in [3.63, 3.8) is 0 Å². The van der Waals surface area contributed by atoms with Gasteiger partial charge in [-0.2, -0.15) is 0 Å². The second-order valence-corrected chi connectivity index (χ2v) is 6.48. The summed E-state index contributed by atoms with van der Waals surface area (Å²) in [5, 5.41) is 0. The Labute approximate surface area is 123 Å². The largest absolute Gasteiger partial charge is 0.393 e. The highest BCUT2D eigenvalue weighted by Crippen LogP contribution is 2.50. The maximum Gasteiger partial charge on any atom is 0.317 e. The van der Waals surface area contributed by atoms with Gasteiger partial charge in [0.05, 0.1) is 25.6 Å². The first kappa shape index (κ1) is 13.0. The molecule has 4 nitrogen and oxygen atoms in total. The number of carbonyl (C=O) groups excluding carboxylic acids is 2. The maximum absolute atomic E-state index is 12.0. The van der Waals surface area contributed by atoms with Gasteiger partial charge < -0.3 is 9.47 Å². The van der Waals surface area contributed by atoms with Gasteiger partial charge in [0.15, 0.2) is 0 Å². The van der Waals surface area contributed by atoms with Crippen molar-refractivity contribution in [2.45, 2.75) is 31.6 Å². The highest BCUT2D eigenvalue weighted by Gasteiger charge is 2.46. The third-order valence-electron chi connectivity index (χ3n) is 5.19. The Kier molecular flexibility index (Phi) is 2.89. The van der Waals surface area contributed by atoms with Gasteiger partial charge in [0.25, 0.3) is 0 Å². The number of rotatable bonds is 1. The number of benzene rings is 1. The van der Waals surface area contributed by atoms with Crippen LogP contribution >= 0.6 is 0 Å². The van der Waals surface area contributed by atoms with Crippen LogP contribution in [0.1, 0.15) is 41.4 Å². The lowest BCUT2D eigenvalue weighted by Gasteiger charge is -2.35. The maximum atomic E-state index is 12.0. The Bertz CT molecular complexity index is 621. The summed E-state index contributed by atoms with van der Waals surface area (Å²) in [6.07, 6.45) is 1.13. The summed E-state index contributed by atoms with van der Waals surface area (Å²) in [5.41, 5.74) is 3.75. The Hall–Kier alpha value is -1.68. The SMILES string of the molecule is Cc1ccc2c(c1)C1COCC1CC2C1CC(=O)OC1=O. The predicted molar refractivity (Wildman–Crippen MR) is 74.8 cm³/mol. The Morgan fingerprint density at radius 2 is 1.90 bits per heavy atom. The van der Waals surface area contributed by atoms with Crippen molar-refractivity contribution >= 4 is 11.9 Å². The molecule has 4 rings (SSSR count). The smallest absolute Gasteiger partial charge is 0.317 e. The lowest BCUT2D eigenvalue weighted by molar-refractivity contribution is -0.153. The molecular weight excluding hydrogens is 268 g/mol. The van der Waals surface area contributed by atoms with Gasteiger partial charge in [0.2, 0.25) is 0 Å². The van der Waals surface area contributed by atoms with E-state index in [2.05, 4.69) is 25.1 Å². The molecule has 110 valence electrons. The zero-order valence-electron chi connectivity index (χ0n) is 12.0. The minimum atomic E-state index is -0.386. The van der Waals surface area contributed by atoms with Gasteiger partial charge in [-0.3, -0.25) is 9.59 Å². The summed E-state index contributed by atoms with van der Waals surface area (Å²) in [5.74, 6) is -0.0857. The zero-order chi connectivity index (χ0) is 14.6. The highest BCUT2D eigenvalue weighted by molar-refractivity contribution is 5.95. The molecule has 1 aromatic carbocycles. The van der Waals surface area contributed by atoms with Gasteiger partial charge in [0.1, 0.15) is 0 Å². The molecule has 21 heavy (non-hydrogen) atoms. The van der Waals surface area contributed by atoms with Crippen molar-refractivity contribution in [2.24, 2.45) is 11.8 Å². The van der Waals surface area contributed by atoms with Gasteiger partial charge in [-0.05, 0) is 36.3 Å². The van der Waals surface area contributed by atoms with Gasteiger partial charge >= 0.3 is 11.9 Å². The van der Waals surface area contributed by atoms with E-state index < -0.39 is 0 Å². The summed E-state index contributed by atoms with van der Waals surface area (Å²) < 4.78 is 10.4. The van der Waals surface area contributed by atoms with Crippen LogP contribution < -0.4 is 0 Å². The number of ether oxygens (including phenoxy) is 2. The Morgan fingerprint density at radius 3 is 2.67 bits per heavy atom. The van der Waals surface area contributed by atoms with Crippen LogP contribution in [0.3, 0.4) is 0 Å². The van der Waals surface area contributed by atoms with Gasteiger partial charge in [0, 0.05) is 5.92 Å². The molecule has 0 spiro atoms. The molecule has 1 aromatic rings. The number of hydrogen-bond acceptors (Lipinski definition) is 4. The van der Waals surface area contributed by atoms with Crippen molar-refractivity contribution in [1.29, 1.82) is 0 Å². The fourth-order valence-corrected chi connectivity index (χ4v) is 4.16. The zero-order valence-corrected chi connectivity index (χ0v) is 12.0. The first-order valence-corrected chi connectivity index (χ1v) is 7.56. The van der Waals surface area contributed by atoms with Crippen molar-refractivity contribution in [3.8, 4) is 0 Å². The fourth-order valence-electron chi connectivity index (χ4n) is 4.16. The van der Waals surface area contributed by atoms with Crippen molar-refractivity contribution in [3.05, 3.63) is 34.9 Å². The van der Waals surface area contributed by atoms with Crippen molar-refractivity contribution < 1.29 is 19.1 Å². The van der Waals surface area contributed by atoms with Crippen molar-refractivity contribution in [1.82, 2.24) is 0 Å². The number of carbonyl (C=O) groups is 2. The van der Waals surface area contributed by atoms with Crippen LogP contribution in [0.2, 0.25) is 0 Å². The molecule has 3 aliphatic rings. The predicted octanol–water partition coefficient (Wildman–Crippen LogP) is 2.30. The lowest BCUT2D eigenvalue weighted by atomic mass is 9.67. The molecule has 0 N–H and O–H groups in total. The first-order valence-electron chi connectivity index (χ1n) is 7.56. The monoisotopic (exact) mass is 286 g/mol. The number of esters is 2. The van der Waals surface area contributed by atoms with E-state index in [0.717, 1.165) is 19.6 Å². The van der Waals surface area contributed by atoms with E-state index in [1.807, 2.05) is 0 Å². The molecule has 0 amide bonds. The summed E-state index contributed by atoms with van der Waals surface area (Å²) >= 11 is 0. The van der Waals surface area contributed by atoms with Crippen LogP contribution in [0.5, 0.6) is 0 Å². The number of aryl methyl sites for hydroxylation is 1. The van der Waals surface area contributed by atoms with E-state index >= 15 is 0 Å². The summed E-state index contributed by atoms with van der Waals surface area (Å²) in [4.78, 5) is 23.4. The minimum absolute atomic E-state index is 0.0856. The van der Waals surface area contributed by atoms with Crippen molar-refractivity contribution in [2.75, 3.05) is 13.2 Å². The molecule has 0 radical (unpaired) electrons.